The fourth-order valence-electron chi connectivity index (χ4n) is 2.84. The summed E-state index contributed by atoms with van der Waals surface area (Å²) in [5.74, 6) is -1.36. The summed E-state index contributed by atoms with van der Waals surface area (Å²) in [7, 11) is 0. The second-order valence-corrected chi connectivity index (χ2v) is 6.25. The van der Waals surface area contributed by atoms with Crippen molar-refractivity contribution >= 4 is 18.0 Å². The molecule has 0 saturated carbocycles. The summed E-state index contributed by atoms with van der Waals surface area (Å²) in [5.41, 5.74) is 1.33. The van der Waals surface area contributed by atoms with Crippen LogP contribution in [0.25, 0.3) is 6.08 Å². The topological polar surface area (TPSA) is 93.1 Å². The van der Waals surface area contributed by atoms with E-state index >= 15 is 0 Å². The molecule has 2 N–H and O–H groups in total. The number of esters is 2. The van der Waals surface area contributed by atoms with E-state index in [4.69, 9.17) is 9.47 Å². The Bertz CT molecular complexity index is 859. The molecule has 1 aliphatic heterocycles. The van der Waals surface area contributed by atoms with Crippen molar-refractivity contribution in [1.29, 1.82) is 0 Å². The molecule has 0 radical (unpaired) electrons. The van der Waals surface area contributed by atoms with E-state index in [-0.39, 0.29) is 0 Å². The molecule has 28 heavy (non-hydrogen) atoms. The van der Waals surface area contributed by atoms with E-state index in [1.165, 1.54) is 12.2 Å². The summed E-state index contributed by atoms with van der Waals surface area (Å²) in [5, 5.41) is 20.8. The number of hydrogen-bond acceptors (Lipinski definition) is 6. The fourth-order valence-corrected chi connectivity index (χ4v) is 2.84. The van der Waals surface area contributed by atoms with Crippen molar-refractivity contribution in [3.8, 4) is 0 Å². The zero-order chi connectivity index (χ0) is 19.9. The molecule has 4 atom stereocenters. The lowest BCUT2D eigenvalue weighted by molar-refractivity contribution is -0.175. The number of cyclic esters (lactones) is 1. The summed E-state index contributed by atoms with van der Waals surface area (Å²) in [6.45, 7) is 0. The molecular weight excluding hydrogens is 360 g/mol. The van der Waals surface area contributed by atoms with Crippen molar-refractivity contribution in [3.05, 3.63) is 90.0 Å². The standard InChI is InChI=1S/C22H20O6/c23-17-12-14-19(25)28-22(17)20(26)21(16-9-5-2-6-10-16)27-18(24)13-11-15-7-3-1-4-8-15/h1-14,17,20-23,26H/b13-11+/t17-,20+,21-,22+/m0/s1. The normalized spacial score (nSPS) is 21.1. The van der Waals surface area contributed by atoms with Crippen LogP contribution in [-0.4, -0.2) is 40.5 Å². The van der Waals surface area contributed by atoms with Crippen molar-refractivity contribution in [2.75, 3.05) is 0 Å². The van der Waals surface area contributed by atoms with Crippen molar-refractivity contribution in [3.63, 3.8) is 0 Å². The number of aliphatic hydroxyl groups excluding tert-OH is 2. The molecule has 3 rings (SSSR count). The zero-order valence-electron chi connectivity index (χ0n) is 14.9. The molecule has 1 aliphatic rings. The number of aliphatic hydroxyl groups is 2. The molecular formula is C22H20O6. The van der Waals surface area contributed by atoms with Crippen LogP contribution in [0.1, 0.15) is 17.2 Å². The van der Waals surface area contributed by atoms with Gasteiger partial charge in [-0.3, -0.25) is 0 Å². The Morgan fingerprint density at radius 3 is 2.39 bits per heavy atom. The number of ether oxygens (including phenoxy) is 2. The van der Waals surface area contributed by atoms with E-state index in [0.717, 1.165) is 11.6 Å². The van der Waals surface area contributed by atoms with Gasteiger partial charge < -0.3 is 19.7 Å². The maximum atomic E-state index is 12.3. The molecule has 0 spiro atoms. The minimum absolute atomic E-state index is 0.509. The fraction of sp³-hybridized carbons (Fsp3) is 0.182. The van der Waals surface area contributed by atoms with Crippen LogP contribution in [0.5, 0.6) is 0 Å². The highest BCUT2D eigenvalue weighted by Crippen LogP contribution is 2.28. The summed E-state index contributed by atoms with van der Waals surface area (Å²) < 4.78 is 10.5. The highest BCUT2D eigenvalue weighted by molar-refractivity contribution is 5.87. The molecule has 0 unspecified atom stereocenters. The van der Waals surface area contributed by atoms with Crippen molar-refractivity contribution in [2.45, 2.75) is 24.4 Å². The van der Waals surface area contributed by atoms with Gasteiger partial charge in [0, 0.05) is 12.2 Å². The lowest BCUT2D eigenvalue weighted by atomic mass is 9.96. The third-order valence-electron chi connectivity index (χ3n) is 4.25. The van der Waals surface area contributed by atoms with Gasteiger partial charge in [0.2, 0.25) is 0 Å². The maximum absolute atomic E-state index is 12.3. The highest BCUT2D eigenvalue weighted by Gasteiger charge is 2.39. The first-order valence-corrected chi connectivity index (χ1v) is 8.78. The van der Waals surface area contributed by atoms with Crippen molar-refractivity contribution in [1.82, 2.24) is 0 Å². The van der Waals surface area contributed by atoms with Gasteiger partial charge in [-0.2, -0.15) is 0 Å². The molecule has 6 heteroatoms. The molecule has 2 aromatic carbocycles. The molecule has 2 aromatic rings. The number of hydrogen-bond donors (Lipinski definition) is 2. The highest BCUT2D eigenvalue weighted by atomic mass is 16.6. The molecule has 0 aromatic heterocycles. The molecule has 144 valence electrons. The molecule has 0 aliphatic carbocycles. The Morgan fingerprint density at radius 2 is 1.71 bits per heavy atom. The van der Waals surface area contributed by atoms with Crippen LogP contribution < -0.4 is 0 Å². The van der Waals surface area contributed by atoms with Crippen LogP contribution in [0.2, 0.25) is 0 Å². The first-order chi connectivity index (χ1) is 13.5. The van der Waals surface area contributed by atoms with Gasteiger partial charge in [0.25, 0.3) is 0 Å². The van der Waals surface area contributed by atoms with E-state index in [2.05, 4.69) is 0 Å². The van der Waals surface area contributed by atoms with Crippen LogP contribution in [0.3, 0.4) is 0 Å². The summed E-state index contributed by atoms with van der Waals surface area (Å²) in [6, 6.07) is 17.8. The Kier molecular flexibility index (Phi) is 6.37. The number of carbonyl (C=O) groups excluding carboxylic acids is 2. The van der Waals surface area contributed by atoms with E-state index in [1.807, 2.05) is 30.3 Å². The van der Waals surface area contributed by atoms with Gasteiger partial charge in [0.15, 0.2) is 12.2 Å². The average Bonchev–Trinajstić information content (AvgIpc) is 2.73. The Labute approximate surface area is 162 Å². The number of benzene rings is 2. The van der Waals surface area contributed by atoms with Gasteiger partial charge in [-0.25, -0.2) is 9.59 Å². The number of carbonyl (C=O) groups is 2. The van der Waals surface area contributed by atoms with E-state index in [0.29, 0.717) is 5.56 Å². The van der Waals surface area contributed by atoms with Gasteiger partial charge in [-0.1, -0.05) is 60.7 Å². The van der Waals surface area contributed by atoms with Crippen molar-refractivity contribution < 1.29 is 29.3 Å². The van der Waals surface area contributed by atoms with E-state index in [9.17, 15) is 19.8 Å². The second-order valence-electron chi connectivity index (χ2n) is 6.25. The quantitative estimate of drug-likeness (QED) is 0.589. The molecule has 0 bridgehead atoms. The summed E-state index contributed by atoms with van der Waals surface area (Å²) >= 11 is 0. The number of rotatable bonds is 6. The Balaban J connectivity index is 1.79. The van der Waals surface area contributed by atoms with E-state index in [1.54, 1.807) is 36.4 Å². The predicted octanol–water partition coefficient (Wildman–Crippen LogP) is 2.19. The van der Waals surface area contributed by atoms with Gasteiger partial charge in [0.1, 0.15) is 12.2 Å². The molecule has 1 heterocycles. The van der Waals surface area contributed by atoms with Crippen LogP contribution in [0.4, 0.5) is 0 Å². The lowest BCUT2D eigenvalue weighted by Crippen LogP contribution is -2.46. The van der Waals surface area contributed by atoms with Crippen LogP contribution in [0, 0.1) is 0 Å². The summed E-state index contributed by atoms with van der Waals surface area (Å²) in [6.07, 6.45) is 0.106. The first kappa shape index (κ1) is 19.5. The van der Waals surface area contributed by atoms with Gasteiger partial charge in [-0.15, -0.1) is 0 Å². The summed E-state index contributed by atoms with van der Waals surface area (Å²) in [4.78, 5) is 23.8. The smallest absolute Gasteiger partial charge is 0.331 e. The van der Waals surface area contributed by atoms with Crippen LogP contribution in [-0.2, 0) is 19.1 Å². The van der Waals surface area contributed by atoms with Crippen molar-refractivity contribution in [2.24, 2.45) is 0 Å². The average molecular weight is 380 g/mol. The Morgan fingerprint density at radius 1 is 1.07 bits per heavy atom. The molecule has 0 saturated heterocycles. The monoisotopic (exact) mass is 380 g/mol. The third-order valence-corrected chi connectivity index (χ3v) is 4.25. The lowest BCUT2D eigenvalue weighted by Gasteiger charge is -2.32. The minimum atomic E-state index is -1.46. The third kappa shape index (κ3) is 4.94. The van der Waals surface area contributed by atoms with E-state index < -0.39 is 36.4 Å². The SMILES string of the molecule is O=C1C=C[C@H](O)[C@H]([C@H](O)[C@@H](OC(=O)/C=C/c2ccccc2)c2ccccc2)O1. The predicted molar refractivity (Wildman–Crippen MR) is 102 cm³/mol. The van der Waals surface area contributed by atoms with Gasteiger partial charge in [0.05, 0.1) is 0 Å². The zero-order valence-corrected chi connectivity index (χ0v) is 14.9. The maximum Gasteiger partial charge on any atom is 0.331 e. The minimum Gasteiger partial charge on any atom is -0.453 e. The van der Waals surface area contributed by atoms with Crippen LogP contribution >= 0.6 is 0 Å². The first-order valence-electron chi connectivity index (χ1n) is 8.78. The molecule has 0 fully saturated rings. The Hall–Kier alpha value is -3.22. The van der Waals surface area contributed by atoms with Gasteiger partial charge in [-0.05, 0) is 23.3 Å². The van der Waals surface area contributed by atoms with Crippen LogP contribution in [0.15, 0.2) is 78.9 Å². The second kappa shape index (κ2) is 9.12. The molecule has 6 nitrogen and oxygen atoms in total. The van der Waals surface area contributed by atoms with Gasteiger partial charge >= 0.3 is 11.9 Å². The largest absolute Gasteiger partial charge is 0.453 e. The molecule has 0 amide bonds.